The van der Waals surface area contributed by atoms with Gasteiger partial charge >= 0.3 is 0 Å². The number of nitriles is 1. The number of carbonyl (C=O) groups is 3. The molecule has 0 radical (unpaired) electrons. The Kier molecular flexibility index (Phi) is 6.07. The molecule has 0 unspecified atom stereocenters. The minimum Gasteiger partial charge on any atom is -0.489 e. The molecule has 0 bridgehead atoms. The second-order valence-corrected chi connectivity index (χ2v) is 10.6. The number of hydrogen-bond donors (Lipinski definition) is 2. The van der Waals surface area contributed by atoms with Crippen LogP contribution in [0.4, 0.5) is 0 Å². The van der Waals surface area contributed by atoms with Crippen molar-refractivity contribution < 1.29 is 19.1 Å². The molecule has 1 aromatic rings. The van der Waals surface area contributed by atoms with E-state index in [4.69, 9.17) is 4.74 Å². The van der Waals surface area contributed by atoms with E-state index in [-0.39, 0.29) is 35.8 Å². The third kappa shape index (κ3) is 4.41. The topological polar surface area (TPSA) is 112 Å². The van der Waals surface area contributed by atoms with Crippen LogP contribution in [0.5, 0.6) is 5.75 Å². The van der Waals surface area contributed by atoms with Crippen molar-refractivity contribution in [2.45, 2.75) is 83.0 Å². The van der Waals surface area contributed by atoms with E-state index in [1.54, 1.807) is 11.0 Å². The first kappa shape index (κ1) is 22.9. The second kappa shape index (κ2) is 9.03. The summed E-state index contributed by atoms with van der Waals surface area (Å²) in [6.45, 7) is 3.31. The van der Waals surface area contributed by atoms with Crippen LogP contribution in [0.15, 0.2) is 18.2 Å². The van der Waals surface area contributed by atoms with Gasteiger partial charge in [0.2, 0.25) is 11.8 Å². The van der Waals surface area contributed by atoms with Crippen LogP contribution in [0.3, 0.4) is 0 Å². The Morgan fingerprint density at radius 3 is 2.76 bits per heavy atom. The highest BCUT2D eigenvalue weighted by molar-refractivity contribution is 6.05. The minimum atomic E-state index is -0.608. The standard InChI is InChI=1S/C26H32N4O4/c1-26(15-27)11-16(12-26)13-28-20-4-2-3-5-22(20)34-18-6-7-19-17(10-18)14-30(25(19)33)21-8-9-23(31)29-24(21)32/h6-7,10,16,20-22,28H,2-5,8-9,11-14H2,1H3,(H,29,31,32)/t16?,20-,21-,22+,26?/m0/s1. The molecule has 3 fully saturated rings. The lowest BCUT2D eigenvalue weighted by Crippen LogP contribution is -2.52. The summed E-state index contributed by atoms with van der Waals surface area (Å²) >= 11 is 0. The maximum Gasteiger partial charge on any atom is 0.255 e. The Morgan fingerprint density at radius 2 is 2.00 bits per heavy atom. The largest absolute Gasteiger partial charge is 0.489 e. The Hall–Kier alpha value is -2.92. The lowest BCUT2D eigenvalue weighted by Gasteiger charge is -2.41. The first-order valence-electron chi connectivity index (χ1n) is 12.4. The lowest BCUT2D eigenvalue weighted by molar-refractivity contribution is -0.136. The van der Waals surface area contributed by atoms with Crippen LogP contribution in [0.2, 0.25) is 0 Å². The van der Waals surface area contributed by atoms with Gasteiger partial charge in [-0.1, -0.05) is 6.42 Å². The Labute approximate surface area is 200 Å². The summed E-state index contributed by atoms with van der Waals surface area (Å²) in [4.78, 5) is 38.2. The average Bonchev–Trinajstić information content (AvgIpc) is 3.12. The van der Waals surface area contributed by atoms with Gasteiger partial charge in [0, 0.05) is 24.6 Å². The number of imide groups is 1. The predicted molar refractivity (Wildman–Crippen MR) is 124 cm³/mol. The molecule has 1 aromatic carbocycles. The molecule has 180 valence electrons. The number of benzene rings is 1. The molecule has 5 rings (SSSR count). The number of piperidine rings is 1. The van der Waals surface area contributed by atoms with Crippen LogP contribution >= 0.6 is 0 Å². The number of hydrogen-bond acceptors (Lipinski definition) is 6. The molecule has 2 saturated carbocycles. The van der Waals surface area contributed by atoms with Crippen molar-refractivity contribution >= 4 is 17.7 Å². The number of nitrogens with zero attached hydrogens (tertiary/aromatic N) is 2. The van der Waals surface area contributed by atoms with E-state index in [1.165, 1.54) is 6.42 Å². The summed E-state index contributed by atoms with van der Waals surface area (Å²) in [6.07, 6.45) is 6.95. The second-order valence-electron chi connectivity index (χ2n) is 10.6. The van der Waals surface area contributed by atoms with Gasteiger partial charge in [-0.3, -0.25) is 19.7 Å². The normalized spacial score (nSPS) is 33.1. The number of rotatable bonds is 6. The van der Waals surface area contributed by atoms with Crippen molar-refractivity contribution in [1.29, 1.82) is 5.26 Å². The van der Waals surface area contributed by atoms with Crippen LogP contribution < -0.4 is 15.4 Å². The van der Waals surface area contributed by atoms with Crippen molar-refractivity contribution in [2.24, 2.45) is 11.3 Å². The smallest absolute Gasteiger partial charge is 0.255 e. The lowest BCUT2D eigenvalue weighted by atomic mass is 9.64. The quantitative estimate of drug-likeness (QED) is 0.626. The molecule has 0 aromatic heterocycles. The number of amides is 3. The monoisotopic (exact) mass is 464 g/mol. The van der Waals surface area contributed by atoms with E-state index in [9.17, 15) is 19.6 Å². The van der Waals surface area contributed by atoms with E-state index in [1.807, 2.05) is 19.1 Å². The SMILES string of the molecule is CC1(C#N)CC(CN[C@H]2CCCC[C@H]2Oc2ccc3c(c2)CN([C@H]2CCC(=O)NC2=O)C3=O)C1. The van der Waals surface area contributed by atoms with Crippen LogP contribution in [-0.2, 0) is 16.1 Å². The van der Waals surface area contributed by atoms with Gasteiger partial charge in [0.15, 0.2) is 0 Å². The van der Waals surface area contributed by atoms with Crippen molar-refractivity contribution in [3.63, 3.8) is 0 Å². The highest BCUT2D eigenvalue weighted by Gasteiger charge is 2.41. The van der Waals surface area contributed by atoms with E-state index in [2.05, 4.69) is 16.7 Å². The Balaban J connectivity index is 1.21. The fourth-order valence-corrected chi connectivity index (χ4v) is 6.04. The van der Waals surface area contributed by atoms with Crippen molar-refractivity contribution in [1.82, 2.24) is 15.5 Å². The maximum absolute atomic E-state index is 12.9. The van der Waals surface area contributed by atoms with E-state index < -0.39 is 11.9 Å². The number of fused-ring (bicyclic) bond motifs is 1. The summed E-state index contributed by atoms with van der Waals surface area (Å²) < 4.78 is 6.42. The van der Waals surface area contributed by atoms with Gasteiger partial charge in [0.1, 0.15) is 17.9 Å². The highest BCUT2D eigenvalue weighted by Crippen LogP contribution is 2.44. The molecule has 8 heteroatoms. The Morgan fingerprint density at radius 1 is 1.21 bits per heavy atom. The summed E-state index contributed by atoms with van der Waals surface area (Å²) in [5.74, 6) is 0.449. The van der Waals surface area contributed by atoms with Gasteiger partial charge in [-0.2, -0.15) is 5.26 Å². The van der Waals surface area contributed by atoms with Gasteiger partial charge in [-0.05, 0) is 81.7 Å². The number of nitrogens with one attached hydrogen (secondary N) is 2. The molecule has 3 atom stereocenters. The Bertz CT molecular complexity index is 1040. The van der Waals surface area contributed by atoms with Gasteiger partial charge < -0.3 is 15.0 Å². The van der Waals surface area contributed by atoms with Gasteiger partial charge in [-0.15, -0.1) is 0 Å². The molecule has 8 nitrogen and oxygen atoms in total. The fourth-order valence-electron chi connectivity index (χ4n) is 6.04. The summed E-state index contributed by atoms with van der Waals surface area (Å²) in [5.41, 5.74) is 1.30. The molecule has 4 aliphatic rings. The van der Waals surface area contributed by atoms with E-state index in [0.29, 0.717) is 24.4 Å². The molecule has 2 heterocycles. The third-order valence-electron chi connectivity index (χ3n) is 7.90. The van der Waals surface area contributed by atoms with E-state index >= 15 is 0 Å². The highest BCUT2D eigenvalue weighted by atomic mass is 16.5. The maximum atomic E-state index is 12.9. The zero-order valence-corrected chi connectivity index (χ0v) is 19.6. The molecule has 34 heavy (non-hydrogen) atoms. The molecule has 0 spiro atoms. The van der Waals surface area contributed by atoms with Crippen molar-refractivity contribution in [3.05, 3.63) is 29.3 Å². The molecule has 2 aliphatic heterocycles. The first-order valence-corrected chi connectivity index (χ1v) is 12.4. The summed E-state index contributed by atoms with van der Waals surface area (Å²) in [6, 6.07) is 7.66. The zero-order valence-electron chi connectivity index (χ0n) is 19.6. The van der Waals surface area contributed by atoms with Gasteiger partial charge in [-0.25, -0.2) is 0 Å². The van der Waals surface area contributed by atoms with Crippen molar-refractivity contribution in [2.75, 3.05) is 6.54 Å². The zero-order chi connectivity index (χ0) is 23.9. The molecule has 1 saturated heterocycles. The molecular weight excluding hydrogens is 432 g/mol. The molecular formula is C26H32N4O4. The van der Waals surface area contributed by atoms with Gasteiger partial charge in [0.05, 0.1) is 11.5 Å². The van der Waals surface area contributed by atoms with Crippen LogP contribution in [-0.4, -0.2) is 47.4 Å². The van der Waals surface area contributed by atoms with Crippen LogP contribution in [0.1, 0.15) is 74.2 Å². The third-order valence-corrected chi connectivity index (χ3v) is 7.90. The summed E-state index contributed by atoms with van der Waals surface area (Å²) in [5, 5.41) is 15.3. The molecule has 2 aliphatic carbocycles. The predicted octanol–water partition coefficient (Wildman–Crippen LogP) is 2.67. The minimum absolute atomic E-state index is 0.0672. The molecule has 3 amide bonds. The van der Waals surface area contributed by atoms with Crippen LogP contribution in [0.25, 0.3) is 0 Å². The summed E-state index contributed by atoms with van der Waals surface area (Å²) in [7, 11) is 0. The molecule has 2 N–H and O–H groups in total. The fraction of sp³-hybridized carbons (Fsp3) is 0.615. The van der Waals surface area contributed by atoms with E-state index in [0.717, 1.165) is 50.0 Å². The van der Waals surface area contributed by atoms with Gasteiger partial charge in [0.25, 0.3) is 5.91 Å². The average molecular weight is 465 g/mol. The first-order chi connectivity index (χ1) is 16.3. The van der Waals surface area contributed by atoms with Crippen LogP contribution in [0, 0.1) is 22.7 Å². The number of carbonyl (C=O) groups excluding carboxylic acids is 3. The number of ether oxygens (including phenoxy) is 1. The van der Waals surface area contributed by atoms with Crippen molar-refractivity contribution in [3.8, 4) is 11.8 Å².